The zero-order chi connectivity index (χ0) is 14.8. The maximum Gasteiger partial charge on any atom is 0.348 e. The molecule has 1 aromatic heterocycles. The van der Waals surface area contributed by atoms with E-state index in [1.54, 1.807) is 0 Å². The summed E-state index contributed by atoms with van der Waals surface area (Å²) in [5.41, 5.74) is 1.20. The molecule has 0 amide bonds. The summed E-state index contributed by atoms with van der Waals surface area (Å²) in [6, 6.07) is 1.94. The molecule has 2 heterocycles. The highest BCUT2D eigenvalue weighted by atomic mass is 32.1. The SMILES string of the molecule is COC(=O)c1cc(CN2CCCC(C)(CO)C2)c(C)s1. The van der Waals surface area contributed by atoms with E-state index >= 15 is 0 Å². The Kier molecular flexibility index (Phi) is 4.83. The minimum atomic E-state index is -0.261. The fourth-order valence-corrected chi connectivity index (χ4v) is 3.76. The molecule has 1 aliphatic heterocycles. The molecule has 1 fully saturated rings. The molecule has 1 unspecified atom stereocenters. The number of aliphatic hydroxyl groups is 1. The summed E-state index contributed by atoms with van der Waals surface area (Å²) in [4.78, 5) is 15.8. The van der Waals surface area contributed by atoms with Crippen LogP contribution in [0.5, 0.6) is 0 Å². The standard InChI is InChI=1S/C15H23NO3S/c1-11-12(7-13(20-11)14(18)19-3)8-16-6-4-5-15(2,9-16)10-17/h7,17H,4-6,8-10H2,1-3H3. The van der Waals surface area contributed by atoms with Gasteiger partial charge in [0.05, 0.1) is 7.11 Å². The summed E-state index contributed by atoms with van der Waals surface area (Å²) in [6.45, 7) is 7.22. The fourth-order valence-electron chi connectivity index (χ4n) is 2.81. The lowest BCUT2D eigenvalue weighted by molar-refractivity contribution is 0.0429. The topological polar surface area (TPSA) is 49.8 Å². The first-order chi connectivity index (χ1) is 9.47. The number of aryl methyl sites for hydroxylation is 1. The number of hydrogen-bond donors (Lipinski definition) is 1. The van der Waals surface area contributed by atoms with E-state index in [2.05, 4.69) is 11.8 Å². The second-order valence-corrected chi connectivity index (χ2v) is 7.22. The van der Waals surface area contributed by atoms with Gasteiger partial charge in [-0.3, -0.25) is 4.90 Å². The maximum atomic E-state index is 11.6. The van der Waals surface area contributed by atoms with Gasteiger partial charge < -0.3 is 9.84 Å². The van der Waals surface area contributed by atoms with E-state index in [1.165, 1.54) is 28.9 Å². The third-order valence-corrected chi connectivity index (χ3v) is 5.12. The normalized spacial score (nSPS) is 23.8. The van der Waals surface area contributed by atoms with Gasteiger partial charge in [0.15, 0.2) is 0 Å². The molecule has 0 bridgehead atoms. The molecule has 1 N–H and O–H groups in total. The van der Waals surface area contributed by atoms with Gasteiger partial charge in [0, 0.05) is 30.0 Å². The molecule has 0 radical (unpaired) electrons. The predicted octanol–water partition coefficient (Wildman–Crippen LogP) is 2.44. The predicted molar refractivity (Wildman–Crippen MR) is 80.1 cm³/mol. The average molecular weight is 297 g/mol. The van der Waals surface area contributed by atoms with Crippen LogP contribution in [0.1, 0.15) is 39.9 Å². The highest BCUT2D eigenvalue weighted by Gasteiger charge is 2.30. The number of esters is 1. The molecule has 112 valence electrons. The first kappa shape index (κ1) is 15.5. The van der Waals surface area contributed by atoms with Gasteiger partial charge in [-0.25, -0.2) is 4.79 Å². The van der Waals surface area contributed by atoms with Gasteiger partial charge in [-0.15, -0.1) is 11.3 Å². The number of ether oxygens (including phenoxy) is 1. The average Bonchev–Trinajstić information content (AvgIpc) is 2.79. The summed E-state index contributed by atoms with van der Waals surface area (Å²) in [7, 11) is 1.41. The van der Waals surface area contributed by atoms with Crippen molar-refractivity contribution < 1.29 is 14.6 Å². The zero-order valence-electron chi connectivity index (χ0n) is 12.4. The number of piperidine rings is 1. The van der Waals surface area contributed by atoms with E-state index in [0.29, 0.717) is 4.88 Å². The molecule has 0 aromatic carbocycles. The molecule has 2 rings (SSSR count). The zero-order valence-corrected chi connectivity index (χ0v) is 13.3. The van der Waals surface area contributed by atoms with Crippen LogP contribution in [0, 0.1) is 12.3 Å². The Morgan fingerprint density at radius 1 is 1.60 bits per heavy atom. The molecule has 20 heavy (non-hydrogen) atoms. The third-order valence-electron chi connectivity index (χ3n) is 4.04. The molecule has 1 saturated heterocycles. The van der Waals surface area contributed by atoms with Gasteiger partial charge in [-0.05, 0) is 37.9 Å². The number of rotatable bonds is 4. The second kappa shape index (κ2) is 6.24. The Morgan fingerprint density at radius 2 is 2.35 bits per heavy atom. The number of nitrogens with zero attached hydrogens (tertiary/aromatic N) is 1. The molecule has 1 atom stereocenters. The Labute approximate surface area is 124 Å². The van der Waals surface area contributed by atoms with Crippen LogP contribution in [-0.2, 0) is 11.3 Å². The monoisotopic (exact) mass is 297 g/mol. The lowest BCUT2D eigenvalue weighted by atomic mass is 9.82. The van der Waals surface area contributed by atoms with Crippen molar-refractivity contribution in [2.75, 3.05) is 26.8 Å². The maximum absolute atomic E-state index is 11.6. The Hall–Kier alpha value is -0.910. The van der Waals surface area contributed by atoms with Gasteiger partial charge in [-0.2, -0.15) is 0 Å². The minimum Gasteiger partial charge on any atom is -0.465 e. The lowest BCUT2D eigenvalue weighted by Gasteiger charge is -2.39. The molecule has 4 nitrogen and oxygen atoms in total. The molecule has 1 aromatic rings. The number of methoxy groups -OCH3 is 1. The first-order valence-electron chi connectivity index (χ1n) is 6.98. The van der Waals surface area contributed by atoms with E-state index in [4.69, 9.17) is 4.74 Å². The van der Waals surface area contributed by atoms with Crippen LogP contribution in [0.3, 0.4) is 0 Å². The van der Waals surface area contributed by atoms with Crippen molar-refractivity contribution in [3.63, 3.8) is 0 Å². The Balaban J connectivity index is 2.06. The van der Waals surface area contributed by atoms with E-state index in [-0.39, 0.29) is 18.0 Å². The quantitative estimate of drug-likeness (QED) is 0.867. The summed E-state index contributed by atoms with van der Waals surface area (Å²) < 4.78 is 4.77. The van der Waals surface area contributed by atoms with Gasteiger partial charge in [0.2, 0.25) is 0 Å². The summed E-state index contributed by atoms with van der Waals surface area (Å²) in [6.07, 6.45) is 2.19. The van der Waals surface area contributed by atoms with Crippen molar-refractivity contribution in [2.24, 2.45) is 5.41 Å². The van der Waals surface area contributed by atoms with Crippen LogP contribution in [0.25, 0.3) is 0 Å². The van der Waals surface area contributed by atoms with Crippen LogP contribution >= 0.6 is 11.3 Å². The van der Waals surface area contributed by atoms with Crippen molar-refractivity contribution >= 4 is 17.3 Å². The third kappa shape index (κ3) is 3.40. The largest absolute Gasteiger partial charge is 0.465 e. The van der Waals surface area contributed by atoms with Gasteiger partial charge >= 0.3 is 5.97 Å². The lowest BCUT2D eigenvalue weighted by Crippen LogP contribution is -2.43. The second-order valence-electron chi connectivity index (χ2n) is 5.97. The minimum absolute atomic E-state index is 0.00730. The number of carbonyl (C=O) groups is 1. The molecule has 1 aliphatic rings. The van der Waals surface area contributed by atoms with Crippen molar-refractivity contribution in [1.29, 1.82) is 0 Å². The van der Waals surface area contributed by atoms with Crippen molar-refractivity contribution in [2.45, 2.75) is 33.2 Å². The van der Waals surface area contributed by atoms with Gasteiger partial charge in [0.25, 0.3) is 0 Å². The van der Waals surface area contributed by atoms with E-state index in [0.717, 1.165) is 32.5 Å². The molecular weight excluding hydrogens is 274 g/mol. The van der Waals surface area contributed by atoms with Gasteiger partial charge in [0.1, 0.15) is 4.88 Å². The summed E-state index contributed by atoms with van der Waals surface area (Å²) in [5.74, 6) is -0.261. The first-order valence-corrected chi connectivity index (χ1v) is 7.80. The van der Waals surface area contributed by atoms with Crippen molar-refractivity contribution in [1.82, 2.24) is 4.90 Å². The highest BCUT2D eigenvalue weighted by molar-refractivity contribution is 7.14. The van der Waals surface area contributed by atoms with Crippen molar-refractivity contribution in [3.05, 3.63) is 21.4 Å². The number of carbonyl (C=O) groups excluding carboxylic acids is 1. The molecular formula is C15H23NO3S. The van der Waals surface area contributed by atoms with Crippen LogP contribution in [-0.4, -0.2) is 42.8 Å². The number of hydrogen-bond acceptors (Lipinski definition) is 5. The van der Waals surface area contributed by atoms with Crippen LogP contribution in [0.4, 0.5) is 0 Å². The number of aliphatic hydroxyl groups excluding tert-OH is 1. The molecule has 0 aliphatic carbocycles. The van der Waals surface area contributed by atoms with Crippen LogP contribution in [0.15, 0.2) is 6.07 Å². The van der Waals surface area contributed by atoms with E-state index < -0.39 is 0 Å². The smallest absolute Gasteiger partial charge is 0.348 e. The Morgan fingerprint density at radius 3 is 3.00 bits per heavy atom. The number of thiophene rings is 1. The molecule has 5 heteroatoms. The van der Waals surface area contributed by atoms with Crippen LogP contribution < -0.4 is 0 Å². The van der Waals surface area contributed by atoms with Crippen LogP contribution in [0.2, 0.25) is 0 Å². The van der Waals surface area contributed by atoms with Gasteiger partial charge in [-0.1, -0.05) is 6.92 Å². The fraction of sp³-hybridized carbons (Fsp3) is 0.667. The molecule has 0 saturated carbocycles. The Bertz CT molecular complexity index is 485. The van der Waals surface area contributed by atoms with E-state index in [9.17, 15) is 9.90 Å². The van der Waals surface area contributed by atoms with E-state index in [1.807, 2.05) is 13.0 Å². The summed E-state index contributed by atoms with van der Waals surface area (Å²) in [5, 5.41) is 9.51. The molecule has 0 spiro atoms. The van der Waals surface area contributed by atoms with Crippen molar-refractivity contribution in [3.8, 4) is 0 Å². The summed E-state index contributed by atoms with van der Waals surface area (Å²) >= 11 is 1.49. The number of likely N-dealkylation sites (tertiary alicyclic amines) is 1. The highest BCUT2D eigenvalue weighted by Crippen LogP contribution is 2.31.